The maximum Gasteiger partial charge on any atom is 0.127 e. The summed E-state index contributed by atoms with van der Waals surface area (Å²) >= 11 is 3.75. The molecule has 0 saturated carbocycles. The summed E-state index contributed by atoms with van der Waals surface area (Å²) in [6.45, 7) is 0. The summed E-state index contributed by atoms with van der Waals surface area (Å²) in [6, 6.07) is 41.5. The predicted octanol–water partition coefficient (Wildman–Crippen LogP) is 8.70. The highest BCUT2D eigenvalue weighted by Crippen LogP contribution is 2.56. The highest BCUT2D eigenvalue weighted by atomic mass is 79.9. The molecule has 7 rings (SSSR count). The molecule has 35 heavy (non-hydrogen) atoms. The summed E-state index contributed by atoms with van der Waals surface area (Å²) in [5.41, 5.74) is 10.2. The van der Waals surface area contributed by atoms with Gasteiger partial charge in [-0.25, -0.2) is 0 Å². The summed E-state index contributed by atoms with van der Waals surface area (Å²) in [4.78, 5) is 0. The van der Waals surface area contributed by atoms with Crippen LogP contribution in [0.2, 0.25) is 0 Å². The first kappa shape index (κ1) is 20.7. The largest absolute Gasteiger partial charge is 0.457 e. The van der Waals surface area contributed by atoms with E-state index in [4.69, 9.17) is 4.74 Å². The summed E-state index contributed by atoms with van der Waals surface area (Å²) < 4.78 is 7.34. The zero-order chi connectivity index (χ0) is 23.4. The zero-order valence-electron chi connectivity index (χ0n) is 19.2. The zero-order valence-corrected chi connectivity index (χ0v) is 20.8. The molecule has 1 nitrogen and oxygen atoms in total. The molecular weight excluding hydrogens is 492 g/mol. The van der Waals surface area contributed by atoms with Crippen LogP contribution < -0.4 is 4.74 Å². The summed E-state index contributed by atoms with van der Waals surface area (Å²) in [5.74, 6) is 1.77. The quantitative estimate of drug-likeness (QED) is 0.228. The summed E-state index contributed by atoms with van der Waals surface area (Å²) in [7, 11) is 0. The number of benzene rings is 5. The maximum absolute atomic E-state index is 6.25. The Kier molecular flexibility index (Phi) is 4.72. The standard InChI is InChI=1S/C33H23BrO/c34-26-15-19-30-29-8-4-5-9-31(29)33(32(30)21-26,24-6-2-1-3-7-24)25-13-17-27(18-14-25)35-28-16-12-22-10-11-23(22)20-28/h1-9,12-21H,10-11H2. The molecule has 0 fully saturated rings. The summed E-state index contributed by atoms with van der Waals surface area (Å²) in [6.07, 6.45) is 2.34. The first-order valence-electron chi connectivity index (χ1n) is 12.1. The lowest BCUT2D eigenvalue weighted by Crippen LogP contribution is -2.28. The van der Waals surface area contributed by atoms with Gasteiger partial charge < -0.3 is 4.74 Å². The van der Waals surface area contributed by atoms with Crippen LogP contribution in [-0.4, -0.2) is 0 Å². The van der Waals surface area contributed by atoms with Crippen molar-refractivity contribution in [1.29, 1.82) is 0 Å². The molecule has 0 amide bonds. The highest BCUT2D eigenvalue weighted by Gasteiger charge is 2.46. The van der Waals surface area contributed by atoms with Crippen molar-refractivity contribution in [3.63, 3.8) is 0 Å². The Balaban J connectivity index is 1.40. The van der Waals surface area contributed by atoms with E-state index in [2.05, 4.69) is 131 Å². The van der Waals surface area contributed by atoms with E-state index in [9.17, 15) is 0 Å². The van der Waals surface area contributed by atoms with Crippen LogP contribution in [0.1, 0.15) is 33.4 Å². The Morgan fingerprint density at radius 2 is 1.23 bits per heavy atom. The smallest absolute Gasteiger partial charge is 0.127 e. The van der Waals surface area contributed by atoms with Gasteiger partial charge in [0, 0.05) is 4.47 Å². The van der Waals surface area contributed by atoms with E-state index in [1.807, 2.05) is 0 Å². The molecule has 0 spiro atoms. The maximum atomic E-state index is 6.25. The van der Waals surface area contributed by atoms with Crippen LogP contribution in [0, 0.1) is 0 Å². The number of fused-ring (bicyclic) bond motifs is 4. The van der Waals surface area contributed by atoms with Crippen molar-refractivity contribution in [2.75, 3.05) is 0 Å². The number of ether oxygens (including phenoxy) is 1. The molecule has 168 valence electrons. The molecule has 0 bridgehead atoms. The second-order valence-corrected chi connectivity index (χ2v) is 10.3. The SMILES string of the molecule is Brc1ccc2c(c1)C(c1ccccc1)(c1ccc(Oc3ccc4c(c3)CC4)cc1)c1ccccc1-2. The van der Waals surface area contributed by atoms with Gasteiger partial charge in [-0.05, 0) is 93.7 Å². The van der Waals surface area contributed by atoms with Gasteiger partial charge in [-0.1, -0.05) is 94.8 Å². The molecule has 1 atom stereocenters. The van der Waals surface area contributed by atoms with E-state index in [1.54, 1.807) is 0 Å². The molecule has 0 N–H and O–H groups in total. The number of hydrogen-bond donors (Lipinski definition) is 0. The average molecular weight is 515 g/mol. The van der Waals surface area contributed by atoms with Crippen molar-refractivity contribution in [1.82, 2.24) is 0 Å². The normalized spacial score (nSPS) is 17.2. The first-order valence-corrected chi connectivity index (χ1v) is 12.9. The van der Waals surface area contributed by atoms with Gasteiger partial charge in [-0.2, -0.15) is 0 Å². The highest BCUT2D eigenvalue weighted by molar-refractivity contribution is 9.10. The van der Waals surface area contributed by atoms with Crippen molar-refractivity contribution >= 4 is 15.9 Å². The number of halogens is 1. The molecule has 0 radical (unpaired) electrons. The second-order valence-electron chi connectivity index (χ2n) is 9.41. The van der Waals surface area contributed by atoms with Crippen LogP contribution in [0.25, 0.3) is 11.1 Å². The van der Waals surface area contributed by atoms with Crippen molar-refractivity contribution in [2.24, 2.45) is 0 Å². The van der Waals surface area contributed by atoms with Crippen LogP contribution >= 0.6 is 15.9 Å². The Labute approximate surface area is 214 Å². The van der Waals surface area contributed by atoms with Crippen molar-refractivity contribution in [2.45, 2.75) is 18.3 Å². The lowest BCUT2D eigenvalue weighted by Gasteiger charge is -2.34. The third kappa shape index (κ3) is 3.13. The number of hydrogen-bond acceptors (Lipinski definition) is 1. The lowest BCUT2D eigenvalue weighted by molar-refractivity contribution is 0.480. The monoisotopic (exact) mass is 514 g/mol. The van der Waals surface area contributed by atoms with Gasteiger partial charge in [0.1, 0.15) is 11.5 Å². The fraction of sp³-hybridized carbons (Fsp3) is 0.0909. The average Bonchev–Trinajstić information content (AvgIpc) is 3.17. The van der Waals surface area contributed by atoms with Crippen LogP contribution in [0.4, 0.5) is 0 Å². The van der Waals surface area contributed by atoms with Crippen molar-refractivity contribution in [3.05, 3.63) is 153 Å². The van der Waals surface area contributed by atoms with Crippen LogP contribution in [-0.2, 0) is 18.3 Å². The van der Waals surface area contributed by atoms with E-state index >= 15 is 0 Å². The Hall–Kier alpha value is -3.62. The molecular formula is C33H23BrO. The molecule has 0 aliphatic heterocycles. The minimum atomic E-state index is -0.398. The molecule has 5 aromatic carbocycles. The summed E-state index contributed by atoms with van der Waals surface area (Å²) in [5, 5.41) is 0. The predicted molar refractivity (Wildman–Crippen MR) is 145 cm³/mol. The van der Waals surface area contributed by atoms with Crippen LogP contribution in [0.5, 0.6) is 11.5 Å². The van der Waals surface area contributed by atoms with Gasteiger partial charge in [0.2, 0.25) is 0 Å². The van der Waals surface area contributed by atoms with Gasteiger partial charge in [0.25, 0.3) is 0 Å². The fourth-order valence-electron chi connectivity index (χ4n) is 5.87. The second kappa shape index (κ2) is 7.96. The van der Waals surface area contributed by atoms with E-state index in [1.165, 1.54) is 50.9 Å². The molecule has 5 aromatic rings. The van der Waals surface area contributed by atoms with Gasteiger partial charge >= 0.3 is 0 Å². The van der Waals surface area contributed by atoms with Crippen LogP contribution in [0.15, 0.2) is 120 Å². The Morgan fingerprint density at radius 1 is 0.543 bits per heavy atom. The Morgan fingerprint density at radius 3 is 2.00 bits per heavy atom. The minimum Gasteiger partial charge on any atom is -0.457 e. The third-order valence-corrected chi connectivity index (χ3v) is 8.07. The number of rotatable bonds is 4. The molecule has 2 aliphatic rings. The molecule has 0 saturated heterocycles. The van der Waals surface area contributed by atoms with Crippen molar-refractivity contribution < 1.29 is 4.74 Å². The lowest BCUT2D eigenvalue weighted by atomic mass is 9.68. The van der Waals surface area contributed by atoms with Gasteiger partial charge in [0.15, 0.2) is 0 Å². The molecule has 2 heteroatoms. The van der Waals surface area contributed by atoms with Gasteiger partial charge in [-0.3, -0.25) is 0 Å². The number of aryl methyl sites for hydroxylation is 2. The molecule has 0 aromatic heterocycles. The Bertz CT molecular complexity index is 1570. The molecule has 2 aliphatic carbocycles. The van der Waals surface area contributed by atoms with E-state index in [0.29, 0.717) is 0 Å². The minimum absolute atomic E-state index is 0.398. The van der Waals surface area contributed by atoms with E-state index in [-0.39, 0.29) is 0 Å². The molecule has 0 heterocycles. The fourth-order valence-corrected chi connectivity index (χ4v) is 6.23. The first-order chi connectivity index (χ1) is 17.2. The van der Waals surface area contributed by atoms with E-state index in [0.717, 1.165) is 22.4 Å². The van der Waals surface area contributed by atoms with Gasteiger partial charge in [0.05, 0.1) is 5.41 Å². The van der Waals surface area contributed by atoms with E-state index < -0.39 is 5.41 Å². The topological polar surface area (TPSA) is 9.23 Å². The van der Waals surface area contributed by atoms with Crippen LogP contribution in [0.3, 0.4) is 0 Å². The third-order valence-electron chi connectivity index (χ3n) is 7.58. The van der Waals surface area contributed by atoms with Crippen molar-refractivity contribution in [3.8, 4) is 22.6 Å². The van der Waals surface area contributed by atoms with Gasteiger partial charge in [-0.15, -0.1) is 0 Å². The molecule has 1 unspecified atom stereocenters.